The Morgan fingerprint density at radius 1 is 1.11 bits per heavy atom. The molecule has 4 aliphatic rings. The molecule has 4 saturated carbocycles. The van der Waals surface area contributed by atoms with Gasteiger partial charge in [0.15, 0.2) is 0 Å². The summed E-state index contributed by atoms with van der Waals surface area (Å²) in [5, 5.41) is 0. The summed E-state index contributed by atoms with van der Waals surface area (Å²) in [5.74, 6) is 1.32. The summed E-state index contributed by atoms with van der Waals surface area (Å²) in [6, 6.07) is 0. The fourth-order valence-corrected chi connectivity index (χ4v) is 6.70. The second kappa shape index (κ2) is 3.96. The van der Waals surface area contributed by atoms with E-state index >= 15 is 0 Å². The topological polar surface area (TPSA) is 17.1 Å². The average molecular weight is 260 g/mol. The van der Waals surface area contributed by atoms with Crippen LogP contribution in [0.2, 0.25) is 0 Å². The molecule has 4 rings (SSSR count). The zero-order chi connectivity index (χ0) is 13.9. The molecule has 0 aromatic rings. The van der Waals surface area contributed by atoms with Crippen molar-refractivity contribution in [3.8, 4) is 0 Å². The zero-order valence-corrected chi connectivity index (χ0v) is 12.8. The Morgan fingerprint density at radius 2 is 1.68 bits per heavy atom. The van der Waals surface area contributed by atoms with E-state index in [1.807, 2.05) is 6.92 Å². The number of ketones is 1. The van der Waals surface area contributed by atoms with Gasteiger partial charge in [-0.05, 0) is 67.6 Å². The molecule has 4 aliphatic carbocycles. The Hall–Kier alpha value is -0.590. The standard InChI is InChI=1S/C18H28O/c1-13(2)5-15(19)9-18-8-14-6-16(3,11-18)10-17(4,7-14)12-18/h14H,1,5-12H2,2-4H3. The summed E-state index contributed by atoms with van der Waals surface area (Å²) >= 11 is 0. The maximum Gasteiger partial charge on any atom is 0.137 e. The van der Waals surface area contributed by atoms with Crippen LogP contribution in [0.15, 0.2) is 12.2 Å². The van der Waals surface area contributed by atoms with Crippen molar-refractivity contribution in [2.45, 2.75) is 72.1 Å². The minimum absolute atomic E-state index is 0.343. The van der Waals surface area contributed by atoms with Gasteiger partial charge in [0.25, 0.3) is 0 Å². The third kappa shape index (κ3) is 2.41. The molecule has 106 valence electrons. The normalized spacial score (nSPS) is 47.4. The van der Waals surface area contributed by atoms with Gasteiger partial charge >= 0.3 is 0 Å². The lowest BCUT2D eigenvalue weighted by Gasteiger charge is -2.65. The van der Waals surface area contributed by atoms with Crippen molar-refractivity contribution < 1.29 is 4.79 Å². The molecule has 0 radical (unpaired) electrons. The van der Waals surface area contributed by atoms with Gasteiger partial charge in [0, 0.05) is 12.8 Å². The maximum absolute atomic E-state index is 12.3. The van der Waals surface area contributed by atoms with Crippen LogP contribution in [0.1, 0.15) is 72.1 Å². The largest absolute Gasteiger partial charge is 0.299 e. The number of hydrogen-bond donors (Lipinski definition) is 0. The Balaban J connectivity index is 1.81. The van der Waals surface area contributed by atoms with Crippen molar-refractivity contribution in [2.75, 3.05) is 0 Å². The number of Topliss-reactive ketones (excluding diaryl/α,β-unsaturated/α-hetero) is 1. The first-order chi connectivity index (χ1) is 8.72. The quantitative estimate of drug-likeness (QED) is 0.656. The smallest absolute Gasteiger partial charge is 0.137 e. The number of carbonyl (C=O) groups excluding carboxylic acids is 1. The highest BCUT2D eigenvalue weighted by molar-refractivity contribution is 5.81. The molecular formula is C18H28O. The van der Waals surface area contributed by atoms with Gasteiger partial charge in [-0.15, -0.1) is 0 Å². The fourth-order valence-electron chi connectivity index (χ4n) is 6.70. The van der Waals surface area contributed by atoms with E-state index in [1.165, 1.54) is 38.5 Å². The average Bonchev–Trinajstić information content (AvgIpc) is 2.06. The second-order valence-electron chi connectivity index (χ2n) is 8.98. The fraction of sp³-hybridized carbons (Fsp3) is 0.833. The van der Waals surface area contributed by atoms with Gasteiger partial charge in [0.2, 0.25) is 0 Å². The Kier molecular flexibility index (Phi) is 2.79. The Morgan fingerprint density at radius 3 is 2.16 bits per heavy atom. The van der Waals surface area contributed by atoms with Crippen LogP contribution in [0, 0.1) is 22.2 Å². The van der Waals surface area contributed by atoms with Gasteiger partial charge in [0.05, 0.1) is 0 Å². The van der Waals surface area contributed by atoms with Gasteiger partial charge in [-0.25, -0.2) is 0 Å². The highest BCUT2D eigenvalue weighted by Crippen LogP contribution is 2.70. The summed E-state index contributed by atoms with van der Waals surface area (Å²) in [7, 11) is 0. The monoisotopic (exact) mass is 260 g/mol. The molecule has 19 heavy (non-hydrogen) atoms. The van der Waals surface area contributed by atoms with Gasteiger partial charge in [-0.3, -0.25) is 4.79 Å². The third-order valence-corrected chi connectivity index (χ3v) is 5.81. The number of carbonyl (C=O) groups is 1. The predicted octanol–water partition coefficient (Wildman–Crippen LogP) is 4.91. The number of rotatable bonds is 4. The molecule has 0 aromatic carbocycles. The first kappa shape index (κ1) is 13.4. The van der Waals surface area contributed by atoms with E-state index in [9.17, 15) is 4.79 Å². The predicted molar refractivity (Wildman–Crippen MR) is 78.9 cm³/mol. The molecule has 4 bridgehead atoms. The van der Waals surface area contributed by atoms with E-state index in [1.54, 1.807) is 0 Å². The second-order valence-corrected chi connectivity index (χ2v) is 8.98. The molecule has 0 aliphatic heterocycles. The van der Waals surface area contributed by atoms with E-state index < -0.39 is 0 Å². The molecule has 0 N–H and O–H groups in total. The molecule has 0 heterocycles. The minimum atomic E-state index is 0.343. The lowest BCUT2D eigenvalue weighted by molar-refractivity contribution is -0.154. The van der Waals surface area contributed by atoms with Crippen LogP contribution in [0.5, 0.6) is 0 Å². The minimum Gasteiger partial charge on any atom is -0.299 e. The molecule has 2 atom stereocenters. The van der Waals surface area contributed by atoms with Crippen LogP contribution in [-0.2, 0) is 4.79 Å². The van der Waals surface area contributed by atoms with Crippen molar-refractivity contribution in [1.29, 1.82) is 0 Å². The van der Waals surface area contributed by atoms with Crippen molar-refractivity contribution >= 4 is 5.78 Å². The first-order valence-electron chi connectivity index (χ1n) is 7.88. The van der Waals surface area contributed by atoms with Gasteiger partial charge in [-0.2, -0.15) is 0 Å². The molecule has 2 unspecified atom stereocenters. The van der Waals surface area contributed by atoms with Crippen LogP contribution in [-0.4, -0.2) is 5.78 Å². The van der Waals surface area contributed by atoms with Gasteiger partial charge in [0.1, 0.15) is 5.78 Å². The van der Waals surface area contributed by atoms with Crippen LogP contribution in [0.25, 0.3) is 0 Å². The summed E-state index contributed by atoms with van der Waals surface area (Å²) in [5.41, 5.74) is 2.41. The van der Waals surface area contributed by atoms with Crippen molar-refractivity contribution in [1.82, 2.24) is 0 Å². The van der Waals surface area contributed by atoms with Crippen molar-refractivity contribution in [2.24, 2.45) is 22.2 Å². The summed E-state index contributed by atoms with van der Waals surface area (Å²) < 4.78 is 0. The molecule has 0 amide bonds. The number of allylic oxidation sites excluding steroid dienone is 1. The number of hydrogen-bond acceptors (Lipinski definition) is 1. The highest BCUT2D eigenvalue weighted by Gasteiger charge is 2.60. The lowest BCUT2D eigenvalue weighted by Crippen LogP contribution is -2.55. The molecule has 0 spiro atoms. The highest BCUT2D eigenvalue weighted by atomic mass is 16.1. The molecule has 1 nitrogen and oxygen atoms in total. The summed E-state index contributed by atoms with van der Waals surface area (Å²) in [6.45, 7) is 10.8. The van der Waals surface area contributed by atoms with Crippen molar-refractivity contribution in [3.63, 3.8) is 0 Å². The van der Waals surface area contributed by atoms with E-state index in [0.29, 0.717) is 28.4 Å². The summed E-state index contributed by atoms with van der Waals surface area (Å²) in [6.07, 6.45) is 9.56. The van der Waals surface area contributed by atoms with Crippen LogP contribution < -0.4 is 0 Å². The molecule has 4 fully saturated rings. The van der Waals surface area contributed by atoms with Crippen LogP contribution in [0.4, 0.5) is 0 Å². The van der Waals surface area contributed by atoms with E-state index in [-0.39, 0.29) is 0 Å². The SMILES string of the molecule is C=C(C)CC(=O)CC12CC3CC(C)(CC(C)(C3)C1)C2. The Bertz CT molecular complexity index is 415. The third-order valence-electron chi connectivity index (χ3n) is 5.81. The zero-order valence-electron chi connectivity index (χ0n) is 12.8. The van der Waals surface area contributed by atoms with Crippen LogP contribution in [0.3, 0.4) is 0 Å². The molecular weight excluding hydrogens is 232 g/mol. The lowest BCUT2D eigenvalue weighted by atomic mass is 9.39. The van der Waals surface area contributed by atoms with Crippen molar-refractivity contribution in [3.05, 3.63) is 12.2 Å². The molecule has 0 aromatic heterocycles. The van der Waals surface area contributed by atoms with Crippen LogP contribution >= 0.6 is 0 Å². The van der Waals surface area contributed by atoms with E-state index in [2.05, 4.69) is 20.4 Å². The van der Waals surface area contributed by atoms with Gasteiger partial charge in [-0.1, -0.05) is 26.0 Å². The van der Waals surface area contributed by atoms with Gasteiger partial charge < -0.3 is 0 Å². The van der Waals surface area contributed by atoms with E-state index in [4.69, 9.17) is 0 Å². The molecule has 0 saturated heterocycles. The maximum atomic E-state index is 12.3. The molecule has 1 heteroatoms. The summed E-state index contributed by atoms with van der Waals surface area (Å²) in [4.78, 5) is 12.3. The van der Waals surface area contributed by atoms with E-state index in [0.717, 1.165) is 17.9 Å². The first-order valence-corrected chi connectivity index (χ1v) is 7.88. The Labute approximate surface area is 117 Å².